The number of nitrogens with one attached hydrogen (secondary N) is 1. The zero-order valence-electron chi connectivity index (χ0n) is 9.59. The molecule has 5 nitrogen and oxygen atoms in total. The molecule has 1 atom stereocenters. The van der Waals surface area contributed by atoms with E-state index >= 15 is 0 Å². The molecule has 0 spiro atoms. The highest BCUT2D eigenvalue weighted by Crippen LogP contribution is 2.11. The normalized spacial score (nSPS) is 13.1. The lowest BCUT2D eigenvalue weighted by atomic mass is 10.1. The van der Waals surface area contributed by atoms with E-state index in [4.69, 9.17) is 11.6 Å². The van der Waals surface area contributed by atoms with Gasteiger partial charge in [0.25, 0.3) is 0 Å². The van der Waals surface area contributed by atoms with E-state index in [1.807, 2.05) is 37.3 Å². The number of amidine groups is 1. The van der Waals surface area contributed by atoms with Crippen LogP contribution < -0.4 is 16.9 Å². The van der Waals surface area contributed by atoms with Gasteiger partial charge in [0.05, 0.1) is 11.8 Å². The van der Waals surface area contributed by atoms with Crippen LogP contribution in [0.3, 0.4) is 0 Å². The molecule has 0 aliphatic rings. The van der Waals surface area contributed by atoms with E-state index in [1.54, 1.807) is 0 Å². The molecule has 0 saturated carbocycles. The summed E-state index contributed by atoms with van der Waals surface area (Å²) in [7, 11) is 0. The molecular weight excluding hydrogens is 236 g/mol. The summed E-state index contributed by atoms with van der Waals surface area (Å²) in [4.78, 5) is 11.6. The van der Waals surface area contributed by atoms with Crippen LogP contribution in [-0.4, -0.2) is 16.8 Å². The summed E-state index contributed by atoms with van der Waals surface area (Å²) >= 11 is 1.11. The van der Waals surface area contributed by atoms with E-state index in [1.165, 1.54) is 0 Å². The minimum Gasteiger partial charge on any atom is -0.377 e. The molecular formula is C11H16N4OS. The standard InChI is InChI=1S/C11H16N4OS/c1-8(9-5-3-2-4-6-9)14-10(16)7-17-11(12)15-13/h2-6,8H,7,13H2,1H3,(H2,12,15)(H,14,16). The van der Waals surface area contributed by atoms with Crippen molar-refractivity contribution in [3.63, 3.8) is 0 Å². The molecule has 1 aromatic rings. The Labute approximate surface area is 105 Å². The predicted octanol–water partition coefficient (Wildman–Crippen LogP) is 0.785. The number of hydrogen-bond acceptors (Lipinski definition) is 4. The number of nitrogens with zero attached hydrogens (tertiary/aromatic N) is 1. The average Bonchev–Trinajstić information content (AvgIpc) is 2.36. The lowest BCUT2D eigenvalue weighted by Crippen LogP contribution is -2.29. The predicted molar refractivity (Wildman–Crippen MR) is 71.3 cm³/mol. The number of carbonyl (C=O) groups excluding carboxylic acids is 1. The van der Waals surface area contributed by atoms with Crippen LogP contribution in [0.1, 0.15) is 18.5 Å². The second kappa shape index (κ2) is 6.80. The molecule has 0 fully saturated rings. The molecule has 1 aromatic carbocycles. The topological polar surface area (TPSA) is 93.5 Å². The van der Waals surface area contributed by atoms with Crippen molar-refractivity contribution < 1.29 is 4.79 Å². The smallest absolute Gasteiger partial charge is 0.230 e. The largest absolute Gasteiger partial charge is 0.377 e. The van der Waals surface area contributed by atoms with Gasteiger partial charge in [0.2, 0.25) is 5.91 Å². The molecule has 1 amide bonds. The third kappa shape index (κ3) is 4.78. The highest BCUT2D eigenvalue weighted by Gasteiger charge is 2.09. The summed E-state index contributed by atoms with van der Waals surface area (Å²) in [6.45, 7) is 1.93. The quantitative estimate of drug-likeness (QED) is 0.319. The minimum atomic E-state index is -0.0991. The number of carbonyl (C=O) groups is 1. The maximum absolute atomic E-state index is 11.6. The van der Waals surface area contributed by atoms with Crippen molar-refractivity contribution >= 4 is 22.8 Å². The summed E-state index contributed by atoms with van der Waals surface area (Å²) in [6.07, 6.45) is 0. The van der Waals surface area contributed by atoms with Gasteiger partial charge in [-0.05, 0) is 12.5 Å². The molecule has 0 aromatic heterocycles. The molecule has 0 aliphatic heterocycles. The van der Waals surface area contributed by atoms with E-state index in [9.17, 15) is 4.79 Å². The molecule has 0 aliphatic carbocycles. The lowest BCUT2D eigenvalue weighted by molar-refractivity contribution is -0.119. The van der Waals surface area contributed by atoms with Gasteiger partial charge in [-0.3, -0.25) is 4.79 Å². The Kier molecular flexibility index (Phi) is 5.35. The second-order valence-corrected chi connectivity index (χ2v) is 4.45. The Balaban J connectivity index is 2.41. The molecule has 5 N–H and O–H groups in total. The SMILES string of the molecule is CC(NC(=O)CSC(N)=NN)c1ccccc1. The van der Waals surface area contributed by atoms with Crippen LogP contribution in [0.2, 0.25) is 0 Å². The molecule has 6 heteroatoms. The first-order chi connectivity index (χ1) is 8.13. The Hall–Kier alpha value is -1.69. The number of hydrogen-bond donors (Lipinski definition) is 3. The number of nitrogens with two attached hydrogens (primary N) is 2. The lowest BCUT2D eigenvalue weighted by Gasteiger charge is -2.13. The van der Waals surface area contributed by atoms with Crippen LogP contribution in [0, 0.1) is 0 Å². The first-order valence-electron chi connectivity index (χ1n) is 5.14. The van der Waals surface area contributed by atoms with Crippen molar-refractivity contribution in [2.24, 2.45) is 16.7 Å². The summed E-state index contributed by atoms with van der Waals surface area (Å²) < 4.78 is 0. The van der Waals surface area contributed by atoms with Gasteiger partial charge in [-0.15, -0.1) is 0 Å². The fourth-order valence-corrected chi connectivity index (χ4v) is 1.72. The monoisotopic (exact) mass is 252 g/mol. The Morgan fingerprint density at radius 1 is 1.47 bits per heavy atom. The van der Waals surface area contributed by atoms with E-state index < -0.39 is 0 Å². The van der Waals surface area contributed by atoms with Gasteiger partial charge in [-0.25, -0.2) is 0 Å². The van der Waals surface area contributed by atoms with E-state index in [0.29, 0.717) is 0 Å². The second-order valence-electron chi connectivity index (χ2n) is 3.46. The van der Waals surface area contributed by atoms with Crippen LogP contribution in [0.25, 0.3) is 0 Å². The summed E-state index contributed by atoms with van der Waals surface area (Å²) in [6, 6.07) is 9.71. The van der Waals surface area contributed by atoms with Crippen molar-refractivity contribution in [3.8, 4) is 0 Å². The van der Waals surface area contributed by atoms with E-state index in [-0.39, 0.29) is 22.9 Å². The third-order valence-corrected chi connectivity index (χ3v) is 2.96. The third-order valence-electron chi connectivity index (χ3n) is 2.16. The Morgan fingerprint density at radius 2 is 2.12 bits per heavy atom. The van der Waals surface area contributed by atoms with Crippen LogP contribution in [0.5, 0.6) is 0 Å². The minimum absolute atomic E-state index is 0.0275. The zero-order chi connectivity index (χ0) is 12.7. The Bertz CT molecular complexity index is 394. The van der Waals surface area contributed by atoms with Gasteiger partial charge in [-0.2, -0.15) is 5.10 Å². The first-order valence-corrected chi connectivity index (χ1v) is 6.12. The number of benzene rings is 1. The number of hydrazone groups is 1. The van der Waals surface area contributed by atoms with Gasteiger partial charge >= 0.3 is 0 Å². The number of rotatable bonds is 4. The maximum atomic E-state index is 11.6. The molecule has 17 heavy (non-hydrogen) atoms. The van der Waals surface area contributed by atoms with Crippen LogP contribution in [-0.2, 0) is 4.79 Å². The van der Waals surface area contributed by atoms with Crippen molar-refractivity contribution in [2.75, 3.05) is 5.75 Å². The number of amides is 1. The highest BCUT2D eigenvalue weighted by molar-refractivity contribution is 8.14. The van der Waals surface area contributed by atoms with Crippen LogP contribution in [0.15, 0.2) is 35.4 Å². The van der Waals surface area contributed by atoms with Crippen molar-refractivity contribution in [3.05, 3.63) is 35.9 Å². The van der Waals surface area contributed by atoms with Crippen molar-refractivity contribution in [2.45, 2.75) is 13.0 Å². The maximum Gasteiger partial charge on any atom is 0.230 e. The number of thioether (sulfide) groups is 1. The van der Waals surface area contributed by atoms with Crippen LogP contribution in [0.4, 0.5) is 0 Å². The van der Waals surface area contributed by atoms with Gasteiger partial charge < -0.3 is 16.9 Å². The summed E-state index contributed by atoms with van der Waals surface area (Å²) in [5.41, 5.74) is 6.43. The average molecular weight is 252 g/mol. The van der Waals surface area contributed by atoms with Gasteiger partial charge in [0, 0.05) is 0 Å². The van der Waals surface area contributed by atoms with Gasteiger partial charge in [0.15, 0.2) is 5.17 Å². The fraction of sp³-hybridized carbons (Fsp3) is 0.273. The molecule has 0 bridgehead atoms. The van der Waals surface area contributed by atoms with E-state index in [2.05, 4.69) is 10.4 Å². The van der Waals surface area contributed by atoms with Crippen molar-refractivity contribution in [1.29, 1.82) is 0 Å². The Morgan fingerprint density at radius 3 is 2.71 bits per heavy atom. The highest BCUT2D eigenvalue weighted by atomic mass is 32.2. The molecule has 1 rings (SSSR count). The van der Waals surface area contributed by atoms with Crippen molar-refractivity contribution in [1.82, 2.24) is 5.32 Å². The van der Waals surface area contributed by atoms with Crippen LogP contribution >= 0.6 is 11.8 Å². The van der Waals surface area contributed by atoms with E-state index in [0.717, 1.165) is 17.3 Å². The molecule has 92 valence electrons. The molecule has 0 radical (unpaired) electrons. The van der Waals surface area contributed by atoms with Gasteiger partial charge in [0.1, 0.15) is 0 Å². The summed E-state index contributed by atoms with van der Waals surface area (Å²) in [5.74, 6) is 5.07. The van der Waals surface area contributed by atoms with Gasteiger partial charge in [-0.1, -0.05) is 42.1 Å². The molecule has 0 saturated heterocycles. The zero-order valence-corrected chi connectivity index (χ0v) is 10.4. The summed E-state index contributed by atoms with van der Waals surface area (Å²) in [5, 5.41) is 6.34. The molecule has 0 heterocycles. The fourth-order valence-electron chi connectivity index (χ4n) is 1.28. The first kappa shape index (κ1) is 13.4. The molecule has 1 unspecified atom stereocenters.